The molecule has 3 aliphatic rings. The lowest BCUT2D eigenvalue weighted by Crippen LogP contribution is -2.48. The first kappa shape index (κ1) is 15.3. The Kier molecular flexibility index (Phi) is 4.85. The molecule has 0 aromatic heterocycles. The molecule has 4 heteroatoms. The molecular formula is C17H30N2O2. The Hall–Kier alpha value is -0.610. The van der Waals surface area contributed by atoms with Crippen molar-refractivity contribution in [2.24, 2.45) is 11.3 Å². The SMILES string of the molecule is O=C(NCC1(CO)CCCCC1)C1CC2CCCCC2N1. The van der Waals surface area contributed by atoms with Crippen LogP contribution in [0.15, 0.2) is 0 Å². The van der Waals surface area contributed by atoms with Crippen LogP contribution in [0.3, 0.4) is 0 Å². The summed E-state index contributed by atoms with van der Waals surface area (Å²) < 4.78 is 0. The van der Waals surface area contributed by atoms with Crippen molar-refractivity contribution in [2.45, 2.75) is 76.3 Å². The maximum Gasteiger partial charge on any atom is 0.237 e. The molecule has 2 aliphatic carbocycles. The minimum atomic E-state index is -0.0563. The number of nitrogens with one attached hydrogen (secondary N) is 2. The summed E-state index contributed by atoms with van der Waals surface area (Å²) in [7, 11) is 0. The van der Waals surface area contributed by atoms with E-state index < -0.39 is 0 Å². The molecule has 3 fully saturated rings. The third-order valence-corrected chi connectivity index (χ3v) is 6.07. The van der Waals surface area contributed by atoms with E-state index in [1.54, 1.807) is 0 Å². The van der Waals surface area contributed by atoms with Crippen molar-refractivity contribution in [3.8, 4) is 0 Å². The topological polar surface area (TPSA) is 61.4 Å². The van der Waals surface area contributed by atoms with Gasteiger partial charge in [0.15, 0.2) is 0 Å². The van der Waals surface area contributed by atoms with Gasteiger partial charge in [0.25, 0.3) is 0 Å². The molecule has 0 aromatic carbocycles. The average molecular weight is 294 g/mol. The van der Waals surface area contributed by atoms with E-state index in [0.717, 1.165) is 19.3 Å². The average Bonchev–Trinajstić information content (AvgIpc) is 2.97. The molecule has 4 nitrogen and oxygen atoms in total. The summed E-state index contributed by atoms with van der Waals surface area (Å²) in [6, 6.07) is 0.563. The summed E-state index contributed by atoms with van der Waals surface area (Å²) >= 11 is 0. The van der Waals surface area contributed by atoms with Crippen LogP contribution in [0.25, 0.3) is 0 Å². The quantitative estimate of drug-likeness (QED) is 0.743. The van der Waals surface area contributed by atoms with Crippen LogP contribution in [0.2, 0.25) is 0 Å². The van der Waals surface area contributed by atoms with Crippen molar-refractivity contribution in [3.63, 3.8) is 0 Å². The standard InChI is InChI=1S/C17H30N2O2/c20-12-17(8-4-1-5-9-17)11-18-16(21)15-10-13-6-2-3-7-14(13)19-15/h13-15,19-20H,1-12H2,(H,18,21). The van der Waals surface area contributed by atoms with Crippen LogP contribution < -0.4 is 10.6 Å². The highest BCUT2D eigenvalue weighted by molar-refractivity contribution is 5.82. The molecule has 3 rings (SSSR count). The van der Waals surface area contributed by atoms with E-state index in [1.165, 1.54) is 44.9 Å². The number of hydrogen-bond donors (Lipinski definition) is 3. The zero-order valence-electron chi connectivity index (χ0n) is 13.1. The van der Waals surface area contributed by atoms with E-state index in [9.17, 15) is 9.90 Å². The summed E-state index contributed by atoms with van der Waals surface area (Å²) in [6.45, 7) is 0.854. The van der Waals surface area contributed by atoms with Gasteiger partial charge in [-0.3, -0.25) is 4.79 Å². The van der Waals surface area contributed by atoms with E-state index in [1.807, 2.05) is 0 Å². The van der Waals surface area contributed by atoms with Gasteiger partial charge in [0.05, 0.1) is 12.6 Å². The predicted octanol–water partition coefficient (Wildman–Crippen LogP) is 1.97. The second-order valence-electron chi connectivity index (χ2n) is 7.54. The summed E-state index contributed by atoms with van der Waals surface area (Å²) in [6.07, 6.45) is 11.9. The highest BCUT2D eigenvalue weighted by Gasteiger charge is 2.39. The van der Waals surface area contributed by atoms with E-state index in [-0.39, 0.29) is 24.0 Å². The molecule has 0 bridgehead atoms. The Morgan fingerprint density at radius 3 is 2.62 bits per heavy atom. The molecule has 0 aromatic rings. The number of carbonyl (C=O) groups is 1. The zero-order valence-corrected chi connectivity index (χ0v) is 13.1. The van der Waals surface area contributed by atoms with Gasteiger partial charge in [-0.15, -0.1) is 0 Å². The molecule has 0 spiro atoms. The van der Waals surface area contributed by atoms with Gasteiger partial charge in [-0.1, -0.05) is 32.1 Å². The molecule has 1 heterocycles. The molecule has 2 saturated carbocycles. The summed E-state index contributed by atoms with van der Waals surface area (Å²) in [4.78, 5) is 12.4. The number of carbonyl (C=O) groups excluding carboxylic acids is 1. The van der Waals surface area contributed by atoms with Crippen molar-refractivity contribution in [1.82, 2.24) is 10.6 Å². The second-order valence-corrected chi connectivity index (χ2v) is 7.54. The Morgan fingerprint density at radius 1 is 1.14 bits per heavy atom. The number of amides is 1. The first-order valence-corrected chi connectivity index (χ1v) is 8.87. The van der Waals surface area contributed by atoms with Gasteiger partial charge in [0.1, 0.15) is 0 Å². The maximum atomic E-state index is 12.4. The van der Waals surface area contributed by atoms with Crippen LogP contribution >= 0.6 is 0 Å². The monoisotopic (exact) mass is 294 g/mol. The molecule has 1 saturated heterocycles. The smallest absolute Gasteiger partial charge is 0.237 e. The fourth-order valence-corrected chi connectivity index (χ4v) is 4.61. The van der Waals surface area contributed by atoms with Crippen LogP contribution in [0, 0.1) is 11.3 Å². The number of aliphatic hydroxyl groups is 1. The Balaban J connectivity index is 1.50. The van der Waals surface area contributed by atoms with Crippen molar-refractivity contribution < 1.29 is 9.90 Å². The molecule has 3 N–H and O–H groups in total. The van der Waals surface area contributed by atoms with Crippen LogP contribution in [0.4, 0.5) is 0 Å². The zero-order chi connectivity index (χ0) is 14.7. The Labute approximate surface area is 128 Å². The van der Waals surface area contributed by atoms with Crippen LogP contribution in [0.1, 0.15) is 64.2 Å². The molecule has 1 amide bonds. The van der Waals surface area contributed by atoms with E-state index in [4.69, 9.17) is 0 Å². The first-order chi connectivity index (χ1) is 10.2. The third-order valence-electron chi connectivity index (χ3n) is 6.07. The number of fused-ring (bicyclic) bond motifs is 1. The van der Waals surface area contributed by atoms with Gasteiger partial charge in [-0.25, -0.2) is 0 Å². The lowest BCUT2D eigenvalue weighted by Gasteiger charge is -2.36. The molecule has 21 heavy (non-hydrogen) atoms. The van der Waals surface area contributed by atoms with Gasteiger partial charge in [-0.05, 0) is 38.0 Å². The van der Waals surface area contributed by atoms with Gasteiger partial charge in [-0.2, -0.15) is 0 Å². The van der Waals surface area contributed by atoms with Crippen molar-refractivity contribution in [2.75, 3.05) is 13.2 Å². The number of rotatable bonds is 4. The van der Waals surface area contributed by atoms with Crippen molar-refractivity contribution in [3.05, 3.63) is 0 Å². The van der Waals surface area contributed by atoms with Gasteiger partial charge < -0.3 is 15.7 Å². The van der Waals surface area contributed by atoms with Crippen LogP contribution in [-0.4, -0.2) is 36.2 Å². The van der Waals surface area contributed by atoms with Gasteiger partial charge >= 0.3 is 0 Å². The molecule has 1 aliphatic heterocycles. The highest BCUT2D eigenvalue weighted by atomic mass is 16.3. The van der Waals surface area contributed by atoms with E-state index >= 15 is 0 Å². The number of aliphatic hydroxyl groups excluding tert-OH is 1. The normalized spacial score (nSPS) is 35.2. The molecular weight excluding hydrogens is 264 g/mol. The van der Waals surface area contributed by atoms with Crippen LogP contribution in [-0.2, 0) is 4.79 Å². The fourth-order valence-electron chi connectivity index (χ4n) is 4.61. The summed E-state index contributed by atoms with van der Waals surface area (Å²) in [5.74, 6) is 0.860. The lowest BCUT2D eigenvalue weighted by molar-refractivity contribution is -0.123. The molecule has 3 unspecified atom stereocenters. The Morgan fingerprint density at radius 2 is 1.90 bits per heavy atom. The molecule has 3 atom stereocenters. The predicted molar refractivity (Wildman–Crippen MR) is 82.9 cm³/mol. The van der Waals surface area contributed by atoms with Crippen molar-refractivity contribution in [1.29, 1.82) is 0 Å². The highest BCUT2D eigenvalue weighted by Crippen LogP contribution is 2.36. The van der Waals surface area contributed by atoms with Gasteiger partial charge in [0, 0.05) is 18.0 Å². The molecule has 0 radical (unpaired) electrons. The summed E-state index contributed by atoms with van der Waals surface area (Å²) in [5.41, 5.74) is -0.0563. The van der Waals surface area contributed by atoms with E-state index in [2.05, 4.69) is 10.6 Å². The third kappa shape index (κ3) is 3.42. The largest absolute Gasteiger partial charge is 0.396 e. The fraction of sp³-hybridized carbons (Fsp3) is 0.941. The van der Waals surface area contributed by atoms with Gasteiger partial charge in [0.2, 0.25) is 5.91 Å². The van der Waals surface area contributed by atoms with E-state index in [0.29, 0.717) is 18.5 Å². The first-order valence-electron chi connectivity index (χ1n) is 8.87. The molecule has 120 valence electrons. The summed E-state index contributed by atoms with van der Waals surface area (Å²) in [5, 5.41) is 16.4. The lowest BCUT2D eigenvalue weighted by atomic mass is 9.74. The number of hydrogen-bond acceptors (Lipinski definition) is 3. The van der Waals surface area contributed by atoms with Crippen LogP contribution in [0.5, 0.6) is 0 Å². The minimum absolute atomic E-state index is 0.00238. The minimum Gasteiger partial charge on any atom is -0.396 e. The maximum absolute atomic E-state index is 12.4. The second kappa shape index (κ2) is 6.66. The Bertz CT molecular complexity index is 352. The van der Waals surface area contributed by atoms with Crippen molar-refractivity contribution >= 4 is 5.91 Å².